The third-order valence-electron chi connectivity index (χ3n) is 2.79. The van der Waals surface area contributed by atoms with Gasteiger partial charge in [0.2, 0.25) is 0 Å². The summed E-state index contributed by atoms with van der Waals surface area (Å²) >= 11 is 0. The SMILES string of the molecule is CCCn1ccc(CNCC(C)(O)CN(C)C)c1. The molecule has 1 aromatic rings. The maximum Gasteiger partial charge on any atom is 0.0869 e. The van der Waals surface area contributed by atoms with Crippen molar-refractivity contribution in [2.75, 3.05) is 27.2 Å². The van der Waals surface area contributed by atoms with E-state index in [1.54, 1.807) is 0 Å². The summed E-state index contributed by atoms with van der Waals surface area (Å²) in [7, 11) is 3.94. The first kappa shape index (κ1) is 15.2. The molecule has 4 nitrogen and oxygen atoms in total. The van der Waals surface area contributed by atoms with Gasteiger partial charge in [0.25, 0.3) is 0 Å². The fourth-order valence-electron chi connectivity index (χ4n) is 2.21. The molecular formula is C14H27N3O. The monoisotopic (exact) mass is 253 g/mol. The van der Waals surface area contributed by atoms with Crippen LogP contribution < -0.4 is 5.32 Å². The minimum atomic E-state index is -0.685. The van der Waals surface area contributed by atoms with Crippen molar-refractivity contribution < 1.29 is 5.11 Å². The predicted molar refractivity (Wildman–Crippen MR) is 75.6 cm³/mol. The number of aromatic nitrogens is 1. The molecule has 1 atom stereocenters. The van der Waals surface area contributed by atoms with Gasteiger partial charge >= 0.3 is 0 Å². The van der Waals surface area contributed by atoms with E-state index in [0.29, 0.717) is 13.1 Å². The maximum absolute atomic E-state index is 10.1. The number of hydrogen-bond acceptors (Lipinski definition) is 3. The van der Waals surface area contributed by atoms with Gasteiger partial charge in [-0.2, -0.15) is 0 Å². The Hall–Kier alpha value is -0.840. The van der Waals surface area contributed by atoms with Crippen LogP contribution in [0.1, 0.15) is 25.8 Å². The summed E-state index contributed by atoms with van der Waals surface area (Å²) in [6.45, 7) is 7.18. The second-order valence-corrected chi connectivity index (χ2v) is 5.60. The summed E-state index contributed by atoms with van der Waals surface area (Å²) in [5, 5.41) is 13.5. The zero-order chi connectivity index (χ0) is 13.6. The van der Waals surface area contributed by atoms with Crippen LogP contribution in [0.25, 0.3) is 0 Å². The van der Waals surface area contributed by atoms with Crippen molar-refractivity contribution in [3.63, 3.8) is 0 Å². The Balaban J connectivity index is 2.32. The fourth-order valence-corrected chi connectivity index (χ4v) is 2.21. The lowest BCUT2D eigenvalue weighted by molar-refractivity contribution is 0.0336. The second kappa shape index (κ2) is 6.92. The van der Waals surface area contributed by atoms with E-state index in [-0.39, 0.29) is 0 Å². The molecular weight excluding hydrogens is 226 g/mol. The maximum atomic E-state index is 10.1. The largest absolute Gasteiger partial charge is 0.388 e. The molecule has 1 heterocycles. The molecule has 1 rings (SSSR count). The lowest BCUT2D eigenvalue weighted by atomic mass is 10.1. The Bertz CT molecular complexity index is 345. The van der Waals surface area contributed by atoms with Crippen LogP contribution >= 0.6 is 0 Å². The summed E-state index contributed by atoms with van der Waals surface area (Å²) < 4.78 is 2.20. The van der Waals surface area contributed by atoms with Gasteiger partial charge in [-0.25, -0.2) is 0 Å². The number of likely N-dealkylation sites (N-methyl/N-ethyl adjacent to an activating group) is 1. The van der Waals surface area contributed by atoms with Crippen LogP contribution in [0, 0.1) is 0 Å². The molecule has 0 aliphatic carbocycles. The Kier molecular flexibility index (Phi) is 5.85. The van der Waals surface area contributed by atoms with Crippen molar-refractivity contribution in [1.82, 2.24) is 14.8 Å². The van der Waals surface area contributed by atoms with Crippen molar-refractivity contribution in [2.24, 2.45) is 0 Å². The number of aliphatic hydroxyl groups is 1. The van der Waals surface area contributed by atoms with E-state index in [0.717, 1.165) is 19.5 Å². The zero-order valence-corrected chi connectivity index (χ0v) is 12.1. The van der Waals surface area contributed by atoms with Gasteiger partial charge in [0, 0.05) is 38.6 Å². The van der Waals surface area contributed by atoms with Crippen LogP contribution in [0.15, 0.2) is 18.5 Å². The van der Waals surface area contributed by atoms with Crippen molar-refractivity contribution in [3.05, 3.63) is 24.0 Å². The highest BCUT2D eigenvalue weighted by molar-refractivity contribution is 5.10. The van der Waals surface area contributed by atoms with E-state index in [9.17, 15) is 5.11 Å². The Morgan fingerprint density at radius 1 is 1.44 bits per heavy atom. The highest BCUT2D eigenvalue weighted by atomic mass is 16.3. The number of nitrogens with zero attached hydrogens (tertiary/aromatic N) is 2. The van der Waals surface area contributed by atoms with Crippen LogP contribution in [0.2, 0.25) is 0 Å². The highest BCUT2D eigenvalue weighted by Crippen LogP contribution is 2.05. The molecule has 0 saturated carbocycles. The molecule has 1 aromatic heterocycles. The second-order valence-electron chi connectivity index (χ2n) is 5.60. The molecule has 18 heavy (non-hydrogen) atoms. The minimum Gasteiger partial charge on any atom is -0.388 e. The lowest BCUT2D eigenvalue weighted by Gasteiger charge is -2.27. The molecule has 0 bridgehead atoms. The van der Waals surface area contributed by atoms with Gasteiger partial charge < -0.3 is 19.9 Å². The molecule has 1 unspecified atom stereocenters. The molecule has 0 aliphatic heterocycles. The van der Waals surface area contributed by atoms with Gasteiger partial charge in [0.1, 0.15) is 0 Å². The summed E-state index contributed by atoms with van der Waals surface area (Å²) in [5.74, 6) is 0. The van der Waals surface area contributed by atoms with Crippen LogP contribution in [0.3, 0.4) is 0 Å². The van der Waals surface area contributed by atoms with Crippen molar-refractivity contribution in [1.29, 1.82) is 0 Å². The molecule has 104 valence electrons. The molecule has 4 heteroatoms. The molecule has 0 aliphatic rings. The van der Waals surface area contributed by atoms with Crippen molar-refractivity contribution >= 4 is 0 Å². The smallest absolute Gasteiger partial charge is 0.0869 e. The molecule has 0 fully saturated rings. The summed E-state index contributed by atoms with van der Waals surface area (Å²) in [6, 6.07) is 2.13. The number of rotatable bonds is 8. The van der Waals surface area contributed by atoms with E-state index < -0.39 is 5.60 Å². The molecule has 0 spiro atoms. The van der Waals surface area contributed by atoms with Crippen LogP contribution in [0.4, 0.5) is 0 Å². The molecule has 2 N–H and O–H groups in total. The topological polar surface area (TPSA) is 40.4 Å². The highest BCUT2D eigenvalue weighted by Gasteiger charge is 2.20. The first-order valence-electron chi connectivity index (χ1n) is 6.65. The summed E-state index contributed by atoms with van der Waals surface area (Å²) in [6.07, 6.45) is 5.43. The Labute approximate surface area is 111 Å². The zero-order valence-electron chi connectivity index (χ0n) is 12.1. The number of nitrogens with one attached hydrogen (secondary N) is 1. The van der Waals surface area contributed by atoms with Gasteiger partial charge in [-0.05, 0) is 39.1 Å². The van der Waals surface area contributed by atoms with Gasteiger partial charge in [-0.15, -0.1) is 0 Å². The van der Waals surface area contributed by atoms with Crippen LogP contribution in [-0.2, 0) is 13.1 Å². The lowest BCUT2D eigenvalue weighted by Crippen LogP contribution is -2.45. The number of hydrogen-bond donors (Lipinski definition) is 2. The van der Waals surface area contributed by atoms with E-state index in [4.69, 9.17) is 0 Å². The Morgan fingerprint density at radius 2 is 2.17 bits per heavy atom. The van der Waals surface area contributed by atoms with E-state index in [1.165, 1.54) is 5.56 Å². The molecule has 0 aromatic carbocycles. The molecule has 0 saturated heterocycles. The van der Waals surface area contributed by atoms with Gasteiger partial charge in [0.05, 0.1) is 5.60 Å². The third kappa shape index (κ3) is 5.67. The molecule has 0 amide bonds. The van der Waals surface area contributed by atoms with Crippen molar-refractivity contribution in [3.8, 4) is 0 Å². The van der Waals surface area contributed by atoms with Crippen LogP contribution in [-0.4, -0.2) is 47.4 Å². The van der Waals surface area contributed by atoms with Gasteiger partial charge in [-0.3, -0.25) is 0 Å². The Morgan fingerprint density at radius 3 is 2.78 bits per heavy atom. The van der Waals surface area contributed by atoms with E-state index in [1.807, 2.05) is 25.9 Å². The summed E-state index contributed by atoms with van der Waals surface area (Å²) in [5.41, 5.74) is 0.583. The average molecular weight is 253 g/mol. The van der Waals surface area contributed by atoms with Crippen LogP contribution in [0.5, 0.6) is 0 Å². The predicted octanol–water partition coefficient (Wildman–Crippen LogP) is 1.30. The van der Waals surface area contributed by atoms with Gasteiger partial charge in [0.15, 0.2) is 0 Å². The number of aryl methyl sites for hydroxylation is 1. The standard InChI is InChI=1S/C14H27N3O/c1-5-7-17-8-6-13(10-17)9-15-11-14(2,18)12-16(3)4/h6,8,10,15,18H,5,7,9,11-12H2,1-4H3. The fraction of sp³-hybridized carbons (Fsp3) is 0.714. The normalized spacial score (nSPS) is 15.0. The van der Waals surface area contributed by atoms with Gasteiger partial charge in [-0.1, -0.05) is 6.92 Å². The summed E-state index contributed by atoms with van der Waals surface area (Å²) in [4.78, 5) is 2.00. The third-order valence-corrected chi connectivity index (χ3v) is 2.79. The van der Waals surface area contributed by atoms with Crippen molar-refractivity contribution in [2.45, 2.75) is 39.0 Å². The first-order chi connectivity index (χ1) is 8.43. The van der Waals surface area contributed by atoms with E-state index in [2.05, 4.69) is 35.3 Å². The average Bonchev–Trinajstić information content (AvgIpc) is 2.64. The van der Waals surface area contributed by atoms with E-state index >= 15 is 0 Å². The first-order valence-corrected chi connectivity index (χ1v) is 6.65. The minimum absolute atomic E-state index is 0.601. The quantitative estimate of drug-likeness (QED) is 0.734. The molecule has 0 radical (unpaired) electrons.